The fraction of sp³-hybridized carbons (Fsp3) is 1.00. The lowest BCUT2D eigenvalue weighted by atomic mass is 10.4. The van der Waals surface area contributed by atoms with Crippen molar-refractivity contribution in [2.45, 2.75) is 12.7 Å². The van der Waals surface area contributed by atoms with Crippen molar-refractivity contribution >= 4 is 0 Å². The summed E-state index contributed by atoms with van der Waals surface area (Å²) in [5.41, 5.74) is 0. The van der Waals surface area contributed by atoms with Crippen LogP contribution in [0.15, 0.2) is 0 Å². The average Bonchev–Trinajstić information content (AvgIpc) is 1.61. The smallest absolute Gasteiger partial charge is 0.152 e. The van der Waals surface area contributed by atoms with E-state index in [1.807, 2.05) is 0 Å². The Morgan fingerprint density at radius 2 is 2.14 bits per heavy atom. The van der Waals surface area contributed by atoms with Gasteiger partial charge in [0.05, 0.1) is 0 Å². The molecule has 0 atom stereocenters. The van der Waals surface area contributed by atoms with E-state index in [0.717, 1.165) is 0 Å². The lowest BCUT2D eigenvalue weighted by Crippen LogP contribution is -2.15. The topological polar surface area (TPSA) is 52.5 Å². The minimum absolute atomic E-state index is 0.399. The molecule has 0 rings (SSSR count). The largest absolute Gasteiger partial charge is 0.368 e. The molecule has 3 heteroatoms. The van der Waals surface area contributed by atoms with Crippen LogP contribution in [0.25, 0.3) is 0 Å². The maximum Gasteiger partial charge on any atom is 0.152 e. The molecule has 0 fully saturated rings. The lowest BCUT2D eigenvalue weighted by molar-refractivity contribution is -0.0441. The molecule has 0 aromatic carbocycles. The van der Waals surface area contributed by atoms with Gasteiger partial charge in [-0.15, -0.1) is 0 Å². The van der Waals surface area contributed by atoms with Crippen LogP contribution in [-0.2, 0) is 0 Å². The van der Waals surface area contributed by atoms with Crippen molar-refractivity contribution < 1.29 is 10.2 Å². The first-order valence-corrected chi connectivity index (χ1v) is 2.28. The van der Waals surface area contributed by atoms with Gasteiger partial charge >= 0.3 is 0 Å². The summed E-state index contributed by atoms with van der Waals surface area (Å²) in [6.07, 6.45) is -0.760. The third-order valence-electron chi connectivity index (χ3n) is 0.653. The van der Waals surface area contributed by atoms with Gasteiger partial charge in [0.2, 0.25) is 0 Å². The first-order valence-electron chi connectivity index (χ1n) is 2.28. The summed E-state index contributed by atoms with van der Waals surface area (Å²) in [5, 5.41) is 19.2. The van der Waals surface area contributed by atoms with Crippen LogP contribution in [0.2, 0.25) is 0 Å². The summed E-state index contributed by atoms with van der Waals surface area (Å²) in [5.74, 6) is 0. The fourth-order valence-electron chi connectivity index (χ4n) is 0.273. The van der Waals surface area contributed by atoms with Gasteiger partial charge < -0.3 is 15.5 Å². The van der Waals surface area contributed by atoms with Gasteiger partial charge in [0.15, 0.2) is 6.29 Å². The predicted octanol–water partition coefficient (Wildman–Crippen LogP) is -1.09. The predicted molar refractivity (Wildman–Crippen MR) is 26.8 cm³/mol. The zero-order chi connectivity index (χ0) is 5.70. The summed E-state index contributed by atoms with van der Waals surface area (Å²) in [4.78, 5) is 0. The van der Waals surface area contributed by atoms with E-state index < -0.39 is 6.29 Å². The van der Waals surface area contributed by atoms with Gasteiger partial charge in [-0.3, -0.25) is 0 Å². The quantitative estimate of drug-likeness (QED) is 0.400. The maximum absolute atomic E-state index is 8.20. The first-order chi connectivity index (χ1) is 3.27. The van der Waals surface area contributed by atoms with Crippen LogP contribution in [0.4, 0.5) is 0 Å². The molecule has 0 unspecified atom stereocenters. The highest BCUT2D eigenvalue weighted by atomic mass is 16.5. The molecule has 7 heavy (non-hydrogen) atoms. The van der Waals surface area contributed by atoms with E-state index in [9.17, 15) is 0 Å². The highest BCUT2D eigenvalue weighted by molar-refractivity contribution is 4.40. The second-order valence-corrected chi connectivity index (χ2v) is 1.37. The van der Waals surface area contributed by atoms with Gasteiger partial charge in [0.1, 0.15) is 0 Å². The molecule has 0 bridgehead atoms. The van der Waals surface area contributed by atoms with Crippen LogP contribution >= 0.6 is 0 Å². The van der Waals surface area contributed by atoms with Crippen LogP contribution in [0.3, 0.4) is 0 Å². The molecule has 0 aromatic rings. The van der Waals surface area contributed by atoms with E-state index in [0.29, 0.717) is 13.0 Å². The fourth-order valence-corrected chi connectivity index (χ4v) is 0.273. The van der Waals surface area contributed by atoms with Gasteiger partial charge in [-0.05, 0) is 13.6 Å². The zero-order valence-electron chi connectivity index (χ0n) is 4.39. The Kier molecular flexibility index (Phi) is 3.98. The summed E-state index contributed by atoms with van der Waals surface area (Å²) < 4.78 is 0. The molecule has 0 saturated carbocycles. The Morgan fingerprint density at radius 3 is 2.29 bits per heavy atom. The molecule has 0 spiro atoms. The number of aliphatic hydroxyl groups excluding tert-OH is 1. The van der Waals surface area contributed by atoms with Gasteiger partial charge in [-0.1, -0.05) is 0 Å². The van der Waals surface area contributed by atoms with Crippen molar-refractivity contribution in [2.24, 2.45) is 0 Å². The van der Waals surface area contributed by atoms with Crippen molar-refractivity contribution in [2.75, 3.05) is 13.6 Å². The molecule has 0 amide bonds. The third-order valence-corrected chi connectivity index (χ3v) is 0.653. The van der Waals surface area contributed by atoms with Crippen molar-refractivity contribution in [1.82, 2.24) is 5.32 Å². The second kappa shape index (κ2) is 4.05. The number of nitrogens with one attached hydrogen (secondary N) is 1. The van der Waals surface area contributed by atoms with E-state index in [-0.39, 0.29) is 0 Å². The average molecular weight is 105 g/mol. The molecule has 0 aliphatic rings. The minimum Gasteiger partial charge on any atom is -0.368 e. The molecule has 0 aliphatic carbocycles. The van der Waals surface area contributed by atoms with E-state index in [1.165, 1.54) is 0 Å². The van der Waals surface area contributed by atoms with E-state index in [2.05, 4.69) is 5.32 Å². The molecular weight excluding hydrogens is 94.0 g/mol. The molecule has 0 aromatic heterocycles. The molecular formula is C4H11NO2. The highest BCUT2D eigenvalue weighted by Gasteiger charge is 1.91. The summed E-state index contributed by atoms with van der Waals surface area (Å²) >= 11 is 0. The van der Waals surface area contributed by atoms with Crippen molar-refractivity contribution in [3.05, 3.63) is 0 Å². The molecule has 0 radical (unpaired) electrons. The Morgan fingerprint density at radius 1 is 1.57 bits per heavy atom. The van der Waals surface area contributed by atoms with Crippen LogP contribution in [0.1, 0.15) is 6.42 Å². The standard InChI is InChI=1S/C4H11NO2/c1-5-3-2-4(6)7/h4-7H,2-3H2,1H3. The first kappa shape index (κ1) is 6.88. The van der Waals surface area contributed by atoms with Gasteiger partial charge in [-0.2, -0.15) is 0 Å². The molecule has 3 N–H and O–H groups in total. The summed E-state index contributed by atoms with van der Waals surface area (Å²) in [6.45, 7) is 0.650. The third kappa shape index (κ3) is 5.88. The molecule has 44 valence electrons. The van der Waals surface area contributed by atoms with Gasteiger partial charge in [0, 0.05) is 6.42 Å². The monoisotopic (exact) mass is 105 g/mol. The molecule has 0 saturated heterocycles. The van der Waals surface area contributed by atoms with E-state index >= 15 is 0 Å². The summed E-state index contributed by atoms with van der Waals surface area (Å²) in [6, 6.07) is 0. The van der Waals surface area contributed by atoms with Crippen LogP contribution in [0.5, 0.6) is 0 Å². The van der Waals surface area contributed by atoms with Crippen molar-refractivity contribution in [1.29, 1.82) is 0 Å². The minimum atomic E-state index is -1.16. The maximum atomic E-state index is 8.20. The van der Waals surface area contributed by atoms with Crippen molar-refractivity contribution in [3.63, 3.8) is 0 Å². The Labute approximate surface area is 43.0 Å². The van der Waals surface area contributed by atoms with Crippen LogP contribution < -0.4 is 5.32 Å². The van der Waals surface area contributed by atoms with E-state index in [1.54, 1.807) is 7.05 Å². The second-order valence-electron chi connectivity index (χ2n) is 1.37. The lowest BCUT2D eigenvalue weighted by Gasteiger charge is -1.99. The molecule has 0 aliphatic heterocycles. The van der Waals surface area contributed by atoms with Gasteiger partial charge in [0.25, 0.3) is 0 Å². The number of hydrogen-bond acceptors (Lipinski definition) is 3. The molecule has 3 nitrogen and oxygen atoms in total. The zero-order valence-corrected chi connectivity index (χ0v) is 4.39. The number of hydrogen-bond donors (Lipinski definition) is 3. The summed E-state index contributed by atoms with van der Waals surface area (Å²) in [7, 11) is 1.77. The SMILES string of the molecule is CNCCC(O)O. The Bertz CT molecular complexity index is 38.7. The van der Waals surface area contributed by atoms with Gasteiger partial charge in [-0.25, -0.2) is 0 Å². The highest BCUT2D eigenvalue weighted by Crippen LogP contribution is 1.79. The van der Waals surface area contributed by atoms with E-state index in [4.69, 9.17) is 10.2 Å². The number of rotatable bonds is 3. The normalized spacial score (nSPS) is 10.3. The Balaban J connectivity index is 2.68. The number of aliphatic hydroxyl groups is 2. The Hall–Kier alpha value is -0.120. The van der Waals surface area contributed by atoms with Crippen LogP contribution in [0, 0.1) is 0 Å². The molecule has 0 heterocycles. The van der Waals surface area contributed by atoms with Crippen molar-refractivity contribution in [3.8, 4) is 0 Å². The van der Waals surface area contributed by atoms with Crippen LogP contribution in [-0.4, -0.2) is 30.1 Å².